The zero-order chi connectivity index (χ0) is 94.1. The van der Waals surface area contributed by atoms with Crippen molar-refractivity contribution in [2.75, 3.05) is 22.1 Å². The van der Waals surface area contributed by atoms with Gasteiger partial charge in [-0.25, -0.2) is 24.4 Å². The van der Waals surface area contributed by atoms with E-state index in [1.165, 1.54) is 30.0 Å². The van der Waals surface area contributed by atoms with E-state index in [0.29, 0.717) is 103 Å². The number of Topliss-reactive ketones (excluding diaryl/α,β-unsaturated/α-hetero) is 2. The van der Waals surface area contributed by atoms with E-state index >= 15 is 0 Å². The molecule has 6 aliphatic heterocycles. The summed E-state index contributed by atoms with van der Waals surface area (Å²) in [6.07, 6.45) is 8.28. The monoisotopic (exact) mass is 5150 g/mol. The number of esters is 3. The van der Waals surface area contributed by atoms with E-state index in [1.54, 1.807) is 54.2 Å². The van der Waals surface area contributed by atoms with Gasteiger partial charge in [-0.1, -0.05) is 28.2 Å². The number of carbonyl (C=O) groups is 7. The van der Waals surface area contributed by atoms with Gasteiger partial charge in [0.25, 0.3) is 16.7 Å². The van der Waals surface area contributed by atoms with Crippen LogP contribution < -0.4 is 65.3 Å². The number of carbonyl (C=O) groups excluding carboxylic acids is 7. The fourth-order valence-electron chi connectivity index (χ4n) is 16.0. The predicted molar refractivity (Wildman–Crippen MR) is 757 cm³/mol. The number of fused-ring (bicyclic) bond motifs is 13. The number of cyclic esters (lactones) is 3. The third-order valence-electron chi connectivity index (χ3n) is 21.6. The molecule has 3 aliphatic carbocycles. The first-order valence-corrected chi connectivity index (χ1v) is 207. The molecule has 0 unspecified atom stereocenters. The number of halogens is 30. The number of aromatic nitrogens is 5. The van der Waals surface area contributed by atoms with Crippen LogP contribution in [0.2, 0.25) is 0 Å². The molecule has 8 aromatic rings. The Morgan fingerprint density at radius 2 is 0.783 bits per heavy atom. The van der Waals surface area contributed by atoms with Gasteiger partial charge >= 0.3 is 448 Å². The first-order chi connectivity index (χ1) is 60.4. The van der Waals surface area contributed by atoms with Crippen molar-refractivity contribution >= 4 is 489 Å². The number of rotatable bonds is 15. The molecule has 3 aromatic carbocycles. The van der Waals surface area contributed by atoms with Gasteiger partial charge < -0.3 is 65.3 Å². The molecule has 9 aliphatic rings. The number of amides is 2. The summed E-state index contributed by atoms with van der Waals surface area (Å²) in [7, 11) is -3.26. The Morgan fingerprint density at radius 3 is 1.19 bits per heavy atom. The average Bonchev–Trinajstić information content (AvgIpc) is 1.59. The number of nitrogen functional groups attached to an aromatic ring is 2. The molecule has 0 saturated heterocycles. The molecular formula is C74H75I30N9O16-2. The van der Waals surface area contributed by atoms with Crippen molar-refractivity contribution in [1.82, 2.24) is 23.7 Å². The van der Waals surface area contributed by atoms with Crippen LogP contribution in [0, 0.1) is 0 Å². The normalized spacial score (nSPS) is 19.3. The summed E-state index contributed by atoms with van der Waals surface area (Å²) in [5, 5.41) is 40.3. The van der Waals surface area contributed by atoms with Crippen molar-refractivity contribution in [3.05, 3.63) is 169 Å². The van der Waals surface area contributed by atoms with E-state index in [-0.39, 0.29) is 197 Å². The fraction of sp³-hybridized carbons (Fsp3) is 0.378. The number of hydrogen-bond donors (Lipinski definition) is 7. The SMILES string of the molecule is C.CC(=O)Nc1ccc(N)c2c1CCCC2=O.CC[C@@]1(O)C(=O)OCc2c1cc1n(c2=O)CCC1=O.CC[C@@]1(O)C(=O)OCc2c1cc1n(c2=O)Cc2c-1nc1ccc(N)c3c1c2CCC3.CC[C@@]1(O)C(=O)OCc2c1cc1n(c2=O)Cc2c-1nc1ccc(NC(C)=O)c3c1c2CCC3.II(I)I(I)I(I)I(I)I.I[I-]I(I)I(I)I(I)I.I[I-]I(I)I(I)I(I)I(I)I. The van der Waals surface area contributed by atoms with Crippen molar-refractivity contribution < 1.29 is 89.6 Å². The Morgan fingerprint density at radius 1 is 0.434 bits per heavy atom. The standard InChI is InChI=1S/C25H23N3O5.C23H21N3O4.C13H13NO5.C12H14N2O2.CH4.I11.I10.I9/c1-3-25(32)17-9-20-22-15(10-28(20)23(30)16(17)11-33-24(25)31)13-5-4-6-14-18(26-12(2)29)7-8-19(27-22)21(13)14;1-2-23(29)15-8-18-20-13(9-26(18)21(27)14(15)10-30-22(23)28)11-4-3-5-12-16(24)6-7-17(25-20)19(11)12;1-2-13(18)8-5-9-10(15)3-4-14(9)11(16)7(8)6-19-12(13)17;1-7(15)14-10-6-5-9(13)12-8(10)3-2-4-11(12)16;;1-7-9(4)11(6)10(5)8(2)3;1-7(2)9(5)10(6)8(3)4;1-6-8(4)9(5)7(2)3/h7-9,32H,3-6,10-11H2,1-2H3,(H,26,29);6-8,29H,2-5,9-10,24H2,1H3;5,18H,2-4,6H2,1H3;5-6H,2-4,13H2,1H3,(H,14,15);1H4;;;/q;;;;;-1;;-1/t25-;23-;13-;;;;;/m000...../s1. The molecule has 11 heterocycles. The number of benzene rings is 3. The minimum atomic E-state index is -1.84. The van der Waals surface area contributed by atoms with Gasteiger partial charge in [0.2, 0.25) is 11.8 Å². The van der Waals surface area contributed by atoms with Crippen molar-refractivity contribution in [3.63, 3.8) is 0 Å². The van der Waals surface area contributed by atoms with Crippen LogP contribution in [0.4, 0.5) is 22.7 Å². The molecule has 3 atom stereocenters. The second-order valence-corrected chi connectivity index (χ2v) is 597. The van der Waals surface area contributed by atoms with Gasteiger partial charge in [-0.15, -0.1) is 0 Å². The summed E-state index contributed by atoms with van der Waals surface area (Å²) in [6.45, 7) is 8.74. The van der Waals surface area contributed by atoms with Crippen LogP contribution in [-0.4, -0.2) is 80.3 Å². The average molecular weight is 5150 g/mol. The zero-order valence-corrected chi connectivity index (χ0v) is 131. The Hall–Kier alpha value is 11.4. The molecular weight excluding hydrogens is 5080 g/mol. The molecule has 25 nitrogen and oxygen atoms in total. The summed E-state index contributed by atoms with van der Waals surface area (Å²) in [5.74, 6) is -2.51. The van der Waals surface area contributed by atoms with Crippen LogP contribution in [-0.2, 0) is 127 Å². The molecule has 0 saturated carbocycles. The quantitative estimate of drug-likeness (QED) is 0.0217. The predicted octanol–water partition coefficient (Wildman–Crippen LogP) is 26.0. The number of pyridine rings is 5. The van der Waals surface area contributed by atoms with Gasteiger partial charge in [0.05, 0.1) is 69.3 Å². The van der Waals surface area contributed by atoms with Gasteiger partial charge in [-0.3, -0.25) is 33.6 Å². The molecule has 0 bridgehead atoms. The Kier molecular flexibility index (Phi) is 52.6. The van der Waals surface area contributed by atoms with Gasteiger partial charge in [-0.2, -0.15) is 0 Å². The Labute approximate surface area is 971 Å². The van der Waals surface area contributed by atoms with Crippen LogP contribution >= 0.6 is 403 Å². The van der Waals surface area contributed by atoms with E-state index in [0.717, 1.165) is 129 Å². The zero-order valence-electron chi connectivity index (χ0n) is 66.0. The molecule has 2 amide bonds. The first-order valence-electron chi connectivity index (χ1n) is 36.9. The molecule has 55 heteroatoms. The molecule has 129 heavy (non-hydrogen) atoms. The van der Waals surface area contributed by atoms with Gasteiger partial charge in [-0.05, 0) is 153 Å². The number of nitrogens with one attached hydrogen (secondary N) is 2. The summed E-state index contributed by atoms with van der Waals surface area (Å²) >= 11 is 49.2. The summed E-state index contributed by atoms with van der Waals surface area (Å²) in [5.41, 5.74) is 23.2. The van der Waals surface area contributed by atoms with Crippen molar-refractivity contribution in [2.24, 2.45) is 0 Å². The third-order valence-corrected chi connectivity index (χ3v) is 1510. The molecule has 5 aromatic heterocycles. The fourth-order valence-corrected chi connectivity index (χ4v) is 2530. The third kappa shape index (κ3) is 28.2. The Balaban J connectivity index is 0.000000165. The summed E-state index contributed by atoms with van der Waals surface area (Å²) < 4.78 is 19.9. The van der Waals surface area contributed by atoms with Crippen LogP contribution in [0.3, 0.4) is 0 Å². The molecule has 0 fully saturated rings. The maximum absolute atomic E-state index is 13.4. The Bertz CT molecular complexity index is 5930. The summed E-state index contributed by atoms with van der Waals surface area (Å²) in [6, 6.07) is 16.0. The van der Waals surface area contributed by atoms with Gasteiger partial charge in [0, 0.05) is 100 Å². The first kappa shape index (κ1) is 122. The second-order valence-electron chi connectivity index (χ2n) is 28.2. The number of ether oxygens (including phenoxy) is 3. The van der Waals surface area contributed by atoms with Gasteiger partial charge in [0.15, 0.2) is 28.4 Å². The molecule has 0 radical (unpaired) electrons. The molecule has 0 spiro atoms. The number of nitrogens with zero attached hydrogens (tertiary/aromatic N) is 5. The van der Waals surface area contributed by atoms with Crippen molar-refractivity contribution in [3.8, 4) is 22.8 Å². The molecule has 724 valence electrons. The van der Waals surface area contributed by atoms with E-state index in [4.69, 9.17) is 35.6 Å². The van der Waals surface area contributed by atoms with Gasteiger partial charge in [0.1, 0.15) is 19.8 Å². The number of aryl methyl sites for hydroxylation is 4. The van der Waals surface area contributed by atoms with E-state index < -0.39 is 34.7 Å². The van der Waals surface area contributed by atoms with Crippen molar-refractivity contribution in [2.45, 2.75) is 182 Å². The number of hydrogen-bond acceptors (Lipinski definition) is 20. The van der Waals surface area contributed by atoms with Crippen LogP contribution in [0.15, 0.2) is 69.0 Å². The number of aliphatic hydroxyl groups is 3. The second kappa shape index (κ2) is 55.5. The minimum absolute atomic E-state index is 0. The molecule has 9 N–H and O–H groups in total. The van der Waals surface area contributed by atoms with Crippen LogP contribution in [0.25, 0.3) is 44.6 Å². The molecule has 17 rings (SSSR count). The number of anilines is 4. The maximum atomic E-state index is 13.4. The van der Waals surface area contributed by atoms with E-state index in [2.05, 4.69) is 327 Å². The number of nitrogens with two attached hydrogens (primary N) is 2. The van der Waals surface area contributed by atoms with Crippen LogP contribution in [0.5, 0.6) is 0 Å². The number of ketones is 2. The summed E-state index contributed by atoms with van der Waals surface area (Å²) in [4.78, 5) is 131. The van der Waals surface area contributed by atoms with E-state index in [9.17, 15) is 63.3 Å². The van der Waals surface area contributed by atoms with Crippen LogP contribution in [0.1, 0.15) is 187 Å². The van der Waals surface area contributed by atoms with Crippen molar-refractivity contribution in [1.29, 1.82) is 0 Å². The van der Waals surface area contributed by atoms with E-state index in [1.807, 2.05) is 24.3 Å². The topological polar surface area (TPSA) is 376 Å².